The number of aliphatic hydroxyl groups is 1. The zero-order chi connectivity index (χ0) is 7.40. The first-order valence-electron chi connectivity index (χ1n) is 3.72. The van der Waals surface area contributed by atoms with Crippen LogP contribution in [0.3, 0.4) is 0 Å². The Morgan fingerprint density at radius 1 is 1.64 bits per heavy atom. The SMILES string of the molecule is COCC1CCNCC1O.Cl. The second-order valence-corrected chi connectivity index (χ2v) is 2.78. The van der Waals surface area contributed by atoms with Crippen molar-refractivity contribution >= 4 is 12.4 Å². The van der Waals surface area contributed by atoms with Crippen LogP contribution < -0.4 is 5.32 Å². The molecule has 0 aromatic heterocycles. The summed E-state index contributed by atoms with van der Waals surface area (Å²) < 4.78 is 4.96. The van der Waals surface area contributed by atoms with Crippen LogP contribution in [-0.4, -0.2) is 38.0 Å². The molecule has 0 spiro atoms. The molecular formula is C7H16ClNO2. The number of nitrogens with one attached hydrogen (secondary N) is 1. The summed E-state index contributed by atoms with van der Waals surface area (Å²) in [4.78, 5) is 0. The Morgan fingerprint density at radius 3 is 2.91 bits per heavy atom. The van der Waals surface area contributed by atoms with Gasteiger partial charge >= 0.3 is 0 Å². The predicted octanol–water partition coefficient (Wildman–Crippen LogP) is 0.0250. The van der Waals surface area contributed by atoms with Gasteiger partial charge < -0.3 is 15.2 Å². The van der Waals surface area contributed by atoms with E-state index in [-0.39, 0.29) is 18.5 Å². The molecule has 0 aromatic carbocycles. The largest absolute Gasteiger partial charge is 0.391 e. The highest BCUT2D eigenvalue weighted by molar-refractivity contribution is 5.85. The molecule has 0 amide bonds. The Kier molecular flexibility index (Phi) is 5.86. The molecule has 1 saturated heterocycles. The number of piperidine rings is 1. The number of hydrogen-bond acceptors (Lipinski definition) is 3. The van der Waals surface area contributed by atoms with Gasteiger partial charge in [-0.15, -0.1) is 12.4 Å². The van der Waals surface area contributed by atoms with E-state index in [1.807, 2.05) is 0 Å². The van der Waals surface area contributed by atoms with Gasteiger partial charge in [0.1, 0.15) is 0 Å². The summed E-state index contributed by atoms with van der Waals surface area (Å²) in [6.45, 7) is 2.40. The smallest absolute Gasteiger partial charge is 0.0715 e. The Labute approximate surface area is 73.5 Å². The Bertz CT molecular complexity index is 100. The van der Waals surface area contributed by atoms with Gasteiger partial charge in [0.15, 0.2) is 0 Å². The van der Waals surface area contributed by atoms with Crippen molar-refractivity contribution in [1.29, 1.82) is 0 Å². The molecule has 4 heteroatoms. The van der Waals surface area contributed by atoms with Gasteiger partial charge in [-0.05, 0) is 13.0 Å². The topological polar surface area (TPSA) is 41.5 Å². The van der Waals surface area contributed by atoms with Crippen LogP contribution in [-0.2, 0) is 4.74 Å². The predicted molar refractivity (Wildman–Crippen MR) is 46.1 cm³/mol. The molecule has 0 aromatic rings. The number of methoxy groups -OCH3 is 1. The molecule has 0 radical (unpaired) electrons. The van der Waals surface area contributed by atoms with Crippen molar-refractivity contribution in [2.24, 2.45) is 5.92 Å². The fourth-order valence-electron chi connectivity index (χ4n) is 1.30. The van der Waals surface area contributed by atoms with Crippen molar-refractivity contribution in [2.75, 3.05) is 26.8 Å². The fourth-order valence-corrected chi connectivity index (χ4v) is 1.30. The van der Waals surface area contributed by atoms with Crippen molar-refractivity contribution in [3.05, 3.63) is 0 Å². The van der Waals surface area contributed by atoms with E-state index in [2.05, 4.69) is 5.32 Å². The summed E-state index contributed by atoms with van der Waals surface area (Å²) in [7, 11) is 1.68. The van der Waals surface area contributed by atoms with Crippen molar-refractivity contribution in [1.82, 2.24) is 5.32 Å². The number of aliphatic hydroxyl groups excluding tert-OH is 1. The van der Waals surface area contributed by atoms with E-state index in [0.717, 1.165) is 13.0 Å². The van der Waals surface area contributed by atoms with Crippen LogP contribution in [0.5, 0.6) is 0 Å². The molecule has 0 saturated carbocycles. The standard InChI is InChI=1S/C7H15NO2.ClH/c1-10-5-6-2-3-8-4-7(6)9;/h6-9H,2-5H2,1H3;1H. The third-order valence-electron chi connectivity index (χ3n) is 1.97. The first-order valence-corrected chi connectivity index (χ1v) is 3.72. The third kappa shape index (κ3) is 3.38. The molecule has 1 aliphatic rings. The Hall–Kier alpha value is 0.170. The minimum atomic E-state index is -0.214. The van der Waals surface area contributed by atoms with Gasteiger partial charge in [0, 0.05) is 19.6 Å². The van der Waals surface area contributed by atoms with E-state index in [4.69, 9.17) is 4.74 Å². The Balaban J connectivity index is 0.000001000. The van der Waals surface area contributed by atoms with Crippen LogP contribution in [0.25, 0.3) is 0 Å². The van der Waals surface area contributed by atoms with Crippen molar-refractivity contribution < 1.29 is 9.84 Å². The van der Waals surface area contributed by atoms with Crippen LogP contribution >= 0.6 is 12.4 Å². The number of ether oxygens (including phenoxy) is 1. The van der Waals surface area contributed by atoms with Crippen LogP contribution in [0, 0.1) is 5.92 Å². The zero-order valence-electron chi connectivity index (χ0n) is 6.75. The maximum Gasteiger partial charge on any atom is 0.0715 e. The van der Waals surface area contributed by atoms with Gasteiger partial charge in [0.25, 0.3) is 0 Å². The monoisotopic (exact) mass is 181 g/mol. The van der Waals surface area contributed by atoms with Crippen LogP contribution in [0.1, 0.15) is 6.42 Å². The van der Waals surface area contributed by atoms with Crippen molar-refractivity contribution in [3.63, 3.8) is 0 Å². The molecule has 0 aliphatic carbocycles. The number of halogens is 1. The van der Waals surface area contributed by atoms with Gasteiger partial charge in [0.05, 0.1) is 12.7 Å². The summed E-state index contributed by atoms with van der Waals surface area (Å²) in [6.07, 6.45) is 0.809. The van der Waals surface area contributed by atoms with Crippen LogP contribution in [0.2, 0.25) is 0 Å². The van der Waals surface area contributed by atoms with E-state index in [1.54, 1.807) is 7.11 Å². The maximum atomic E-state index is 9.36. The minimum Gasteiger partial charge on any atom is -0.391 e. The lowest BCUT2D eigenvalue weighted by atomic mass is 9.96. The highest BCUT2D eigenvalue weighted by atomic mass is 35.5. The van der Waals surface area contributed by atoms with E-state index in [0.29, 0.717) is 19.1 Å². The summed E-state index contributed by atoms with van der Waals surface area (Å²) in [6, 6.07) is 0. The highest BCUT2D eigenvalue weighted by Crippen LogP contribution is 2.11. The van der Waals surface area contributed by atoms with Gasteiger partial charge in [-0.2, -0.15) is 0 Å². The van der Waals surface area contributed by atoms with Crippen LogP contribution in [0.15, 0.2) is 0 Å². The summed E-state index contributed by atoms with van der Waals surface area (Å²) in [5.41, 5.74) is 0. The number of β-amino-alcohol motifs (C(OH)–C–C–N with tert-alkyl or cyclic N) is 1. The number of rotatable bonds is 2. The van der Waals surface area contributed by atoms with E-state index < -0.39 is 0 Å². The molecule has 1 rings (SSSR count). The second-order valence-electron chi connectivity index (χ2n) is 2.78. The van der Waals surface area contributed by atoms with Gasteiger partial charge in [-0.3, -0.25) is 0 Å². The molecule has 2 atom stereocenters. The summed E-state index contributed by atoms with van der Waals surface area (Å²) in [5, 5.41) is 12.5. The highest BCUT2D eigenvalue weighted by Gasteiger charge is 2.21. The van der Waals surface area contributed by atoms with Gasteiger partial charge in [-0.1, -0.05) is 0 Å². The summed E-state index contributed by atoms with van der Waals surface area (Å²) >= 11 is 0. The third-order valence-corrected chi connectivity index (χ3v) is 1.97. The minimum absolute atomic E-state index is 0. The van der Waals surface area contributed by atoms with E-state index in [9.17, 15) is 5.11 Å². The normalized spacial score (nSPS) is 31.1. The van der Waals surface area contributed by atoms with Gasteiger partial charge in [0.2, 0.25) is 0 Å². The molecule has 3 nitrogen and oxygen atoms in total. The molecule has 1 heterocycles. The average Bonchev–Trinajstić information content (AvgIpc) is 1.94. The molecule has 2 unspecified atom stereocenters. The Morgan fingerprint density at radius 2 is 2.36 bits per heavy atom. The molecule has 1 fully saturated rings. The average molecular weight is 182 g/mol. The summed E-state index contributed by atoms with van der Waals surface area (Å²) in [5.74, 6) is 0.339. The maximum absolute atomic E-state index is 9.36. The van der Waals surface area contributed by atoms with E-state index >= 15 is 0 Å². The lowest BCUT2D eigenvalue weighted by Crippen LogP contribution is -2.42. The first-order chi connectivity index (χ1) is 4.84. The van der Waals surface area contributed by atoms with Crippen LogP contribution in [0.4, 0.5) is 0 Å². The lowest BCUT2D eigenvalue weighted by Gasteiger charge is -2.27. The van der Waals surface area contributed by atoms with Gasteiger partial charge in [-0.25, -0.2) is 0 Å². The molecule has 0 bridgehead atoms. The lowest BCUT2D eigenvalue weighted by molar-refractivity contribution is 0.0296. The van der Waals surface area contributed by atoms with Crippen molar-refractivity contribution in [2.45, 2.75) is 12.5 Å². The molecule has 68 valence electrons. The van der Waals surface area contributed by atoms with E-state index in [1.165, 1.54) is 0 Å². The quantitative estimate of drug-likeness (QED) is 0.632. The fraction of sp³-hybridized carbons (Fsp3) is 1.00. The number of hydrogen-bond donors (Lipinski definition) is 2. The molecular weight excluding hydrogens is 166 g/mol. The first kappa shape index (κ1) is 11.2. The zero-order valence-corrected chi connectivity index (χ0v) is 7.56. The van der Waals surface area contributed by atoms with Crippen molar-refractivity contribution in [3.8, 4) is 0 Å². The molecule has 2 N–H and O–H groups in total. The second kappa shape index (κ2) is 5.77. The molecule has 1 aliphatic heterocycles. The molecule has 11 heavy (non-hydrogen) atoms.